The van der Waals surface area contributed by atoms with Crippen molar-refractivity contribution in [2.24, 2.45) is 7.05 Å². The molecule has 3 rings (SSSR count). The Bertz CT molecular complexity index is 705. The summed E-state index contributed by atoms with van der Waals surface area (Å²) >= 11 is 0. The number of piperazine rings is 1. The van der Waals surface area contributed by atoms with E-state index < -0.39 is 0 Å². The zero-order chi connectivity index (χ0) is 15.0. The first-order chi connectivity index (χ1) is 10.1. The number of carbonyl (C=O) groups excluding carboxylic acids is 2. The van der Waals surface area contributed by atoms with Gasteiger partial charge in [-0.1, -0.05) is 12.1 Å². The summed E-state index contributed by atoms with van der Waals surface area (Å²) < 4.78 is 1.60. The van der Waals surface area contributed by atoms with Crippen molar-refractivity contribution in [3.8, 4) is 11.1 Å². The Balaban J connectivity index is 1.89. The molecule has 2 amide bonds. The number of nitrogen functional groups attached to an aromatic ring is 1. The van der Waals surface area contributed by atoms with Crippen molar-refractivity contribution >= 4 is 23.3 Å². The molecule has 3 N–H and O–H groups in total. The molecule has 7 heteroatoms. The lowest BCUT2D eigenvalue weighted by molar-refractivity contribution is -0.128. The van der Waals surface area contributed by atoms with Gasteiger partial charge in [-0.25, -0.2) is 0 Å². The Morgan fingerprint density at radius 2 is 1.95 bits per heavy atom. The van der Waals surface area contributed by atoms with Crippen molar-refractivity contribution in [2.45, 2.75) is 0 Å². The van der Waals surface area contributed by atoms with Gasteiger partial charge in [0.15, 0.2) is 0 Å². The summed E-state index contributed by atoms with van der Waals surface area (Å²) in [5.41, 5.74) is 8.39. The number of nitrogens with two attached hydrogens (primary N) is 1. The first-order valence-electron chi connectivity index (χ1n) is 6.51. The number of benzene rings is 1. The van der Waals surface area contributed by atoms with Gasteiger partial charge >= 0.3 is 0 Å². The fourth-order valence-electron chi connectivity index (χ4n) is 2.28. The van der Waals surface area contributed by atoms with Crippen LogP contribution in [0, 0.1) is 0 Å². The van der Waals surface area contributed by atoms with E-state index in [9.17, 15) is 9.59 Å². The minimum absolute atomic E-state index is 0.0378. The minimum atomic E-state index is -0.157. The largest absolute Gasteiger partial charge is 0.383 e. The third-order valence-corrected chi connectivity index (χ3v) is 3.51. The second kappa shape index (κ2) is 4.93. The van der Waals surface area contributed by atoms with Crippen molar-refractivity contribution in [1.82, 2.24) is 15.1 Å². The van der Waals surface area contributed by atoms with E-state index >= 15 is 0 Å². The highest BCUT2D eigenvalue weighted by molar-refractivity contribution is 6.04. The van der Waals surface area contributed by atoms with Gasteiger partial charge in [0, 0.05) is 18.3 Å². The van der Waals surface area contributed by atoms with E-state index in [4.69, 9.17) is 5.73 Å². The SMILES string of the molecule is Cn1ncc(-c2ccc(N3CC(=O)NCC3=O)cc2)c1N. The molecule has 0 atom stereocenters. The monoisotopic (exact) mass is 285 g/mol. The number of hydrogen-bond donors (Lipinski definition) is 2. The van der Waals surface area contributed by atoms with Crippen LogP contribution in [-0.2, 0) is 16.6 Å². The van der Waals surface area contributed by atoms with Crippen LogP contribution in [0.2, 0.25) is 0 Å². The fraction of sp³-hybridized carbons (Fsp3) is 0.214. The molecule has 1 fully saturated rings. The molecule has 2 heterocycles. The number of carbonyl (C=O) groups is 2. The van der Waals surface area contributed by atoms with Crippen LogP contribution in [0.1, 0.15) is 0 Å². The summed E-state index contributed by atoms with van der Waals surface area (Å²) in [7, 11) is 1.78. The number of amides is 2. The van der Waals surface area contributed by atoms with Gasteiger partial charge in [0.2, 0.25) is 11.8 Å². The number of aryl methyl sites for hydroxylation is 1. The summed E-state index contributed by atoms with van der Waals surface area (Å²) in [5.74, 6) is 0.301. The number of aromatic nitrogens is 2. The number of anilines is 2. The molecule has 0 radical (unpaired) electrons. The highest BCUT2D eigenvalue weighted by Gasteiger charge is 2.24. The van der Waals surface area contributed by atoms with Crippen molar-refractivity contribution in [1.29, 1.82) is 0 Å². The van der Waals surface area contributed by atoms with E-state index in [2.05, 4.69) is 10.4 Å². The van der Waals surface area contributed by atoms with Crippen LogP contribution in [0.5, 0.6) is 0 Å². The molecule has 0 aliphatic carbocycles. The van der Waals surface area contributed by atoms with Gasteiger partial charge < -0.3 is 16.0 Å². The molecule has 0 spiro atoms. The van der Waals surface area contributed by atoms with Gasteiger partial charge in [0.25, 0.3) is 0 Å². The fourth-order valence-corrected chi connectivity index (χ4v) is 2.28. The number of nitrogens with one attached hydrogen (secondary N) is 1. The van der Waals surface area contributed by atoms with Gasteiger partial charge in [-0.15, -0.1) is 0 Å². The third kappa shape index (κ3) is 2.33. The summed E-state index contributed by atoms with van der Waals surface area (Å²) in [4.78, 5) is 24.7. The Morgan fingerprint density at radius 1 is 1.24 bits per heavy atom. The van der Waals surface area contributed by atoms with Gasteiger partial charge in [0.05, 0.1) is 12.7 Å². The molecule has 0 unspecified atom stereocenters. The van der Waals surface area contributed by atoms with Crippen molar-refractivity contribution in [3.63, 3.8) is 0 Å². The molecule has 1 aliphatic heterocycles. The summed E-state index contributed by atoms with van der Waals surface area (Å²) in [5, 5.41) is 6.62. The second-order valence-electron chi connectivity index (χ2n) is 4.87. The van der Waals surface area contributed by atoms with Gasteiger partial charge in [0.1, 0.15) is 12.4 Å². The van der Waals surface area contributed by atoms with Gasteiger partial charge in [-0.2, -0.15) is 5.10 Å². The average molecular weight is 285 g/mol. The number of rotatable bonds is 2. The Kier molecular flexibility index (Phi) is 3.09. The average Bonchev–Trinajstić information content (AvgIpc) is 2.82. The second-order valence-corrected chi connectivity index (χ2v) is 4.87. The van der Waals surface area contributed by atoms with Crippen LogP contribution < -0.4 is 16.0 Å². The topological polar surface area (TPSA) is 93.2 Å². The lowest BCUT2D eigenvalue weighted by Gasteiger charge is -2.26. The summed E-state index contributed by atoms with van der Waals surface area (Å²) in [6, 6.07) is 7.33. The minimum Gasteiger partial charge on any atom is -0.383 e. The predicted molar refractivity (Wildman–Crippen MR) is 78.4 cm³/mol. The number of hydrogen-bond acceptors (Lipinski definition) is 4. The van der Waals surface area contributed by atoms with Crippen LogP contribution in [0.4, 0.5) is 11.5 Å². The zero-order valence-corrected chi connectivity index (χ0v) is 11.5. The van der Waals surface area contributed by atoms with Crippen LogP contribution in [-0.4, -0.2) is 34.7 Å². The maximum atomic E-state index is 11.8. The molecular formula is C14H15N5O2. The molecule has 21 heavy (non-hydrogen) atoms. The predicted octanol–water partition coefficient (Wildman–Crippen LogP) is 0.132. The highest BCUT2D eigenvalue weighted by Crippen LogP contribution is 2.27. The molecule has 1 saturated heterocycles. The molecule has 2 aromatic rings. The van der Waals surface area contributed by atoms with Crippen LogP contribution >= 0.6 is 0 Å². The quantitative estimate of drug-likeness (QED) is 0.820. The van der Waals surface area contributed by atoms with Gasteiger partial charge in [-0.05, 0) is 17.7 Å². The zero-order valence-electron chi connectivity index (χ0n) is 11.5. The first kappa shape index (κ1) is 13.2. The smallest absolute Gasteiger partial charge is 0.246 e. The molecular weight excluding hydrogens is 270 g/mol. The van der Waals surface area contributed by atoms with E-state index in [0.717, 1.165) is 11.1 Å². The number of nitrogens with zero attached hydrogens (tertiary/aromatic N) is 3. The van der Waals surface area contributed by atoms with Crippen molar-refractivity contribution < 1.29 is 9.59 Å². The lowest BCUT2D eigenvalue weighted by Crippen LogP contribution is -2.51. The molecule has 108 valence electrons. The summed E-state index contributed by atoms with van der Waals surface area (Å²) in [6.45, 7) is 0.0867. The molecule has 7 nitrogen and oxygen atoms in total. The molecule has 1 aromatic carbocycles. The third-order valence-electron chi connectivity index (χ3n) is 3.51. The Hall–Kier alpha value is -2.83. The maximum Gasteiger partial charge on any atom is 0.246 e. The van der Waals surface area contributed by atoms with Crippen LogP contribution in [0.3, 0.4) is 0 Å². The van der Waals surface area contributed by atoms with Crippen LogP contribution in [0.15, 0.2) is 30.5 Å². The first-order valence-corrected chi connectivity index (χ1v) is 6.51. The summed E-state index contributed by atoms with van der Waals surface area (Å²) in [6.07, 6.45) is 1.70. The van der Waals surface area contributed by atoms with Gasteiger partial charge in [-0.3, -0.25) is 14.3 Å². The van der Waals surface area contributed by atoms with Crippen molar-refractivity contribution in [2.75, 3.05) is 23.7 Å². The van der Waals surface area contributed by atoms with E-state index in [1.54, 1.807) is 30.1 Å². The standard InChI is InChI=1S/C14H15N5O2/c1-18-14(15)11(6-17-18)9-2-4-10(5-3-9)19-8-12(20)16-7-13(19)21/h2-6H,7-8,15H2,1H3,(H,16,20). The highest BCUT2D eigenvalue weighted by atomic mass is 16.2. The van der Waals surface area contributed by atoms with E-state index in [-0.39, 0.29) is 24.9 Å². The maximum absolute atomic E-state index is 11.8. The Labute approximate surface area is 121 Å². The molecule has 0 bridgehead atoms. The van der Waals surface area contributed by atoms with Crippen LogP contribution in [0.25, 0.3) is 11.1 Å². The van der Waals surface area contributed by atoms with E-state index in [1.807, 2.05) is 12.1 Å². The Morgan fingerprint density at radius 3 is 2.57 bits per heavy atom. The van der Waals surface area contributed by atoms with E-state index in [1.165, 1.54) is 4.90 Å². The normalized spacial score (nSPS) is 15.2. The lowest BCUT2D eigenvalue weighted by atomic mass is 10.1. The van der Waals surface area contributed by atoms with E-state index in [0.29, 0.717) is 11.5 Å². The molecule has 1 aromatic heterocycles. The molecule has 1 aliphatic rings. The van der Waals surface area contributed by atoms with Crippen molar-refractivity contribution in [3.05, 3.63) is 30.5 Å². The molecule has 0 saturated carbocycles.